The Kier molecular flexibility index (Phi) is 5.27. The van der Waals surface area contributed by atoms with Gasteiger partial charge in [-0.1, -0.05) is 54.6 Å². The Balaban J connectivity index is 1.55. The largest absolute Gasteiger partial charge is 0.489 e. The van der Waals surface area contributed by atoms with Crippen molar-refractivity contribution in [3.63, 3.8) is 0 Å². The van der Waals surface area contributed by atoms with E-state index in [0.29, 0.717) is 28.1 Å². The molecule has 4 atom stereocenters. The van der Waals surface area contributed by atoms with Crippen LogP contribution in [0.3, 0.4) is 0 Å². The lowest BCUT2D eigenvalue weighted by Crippen LogP contribution is -2.54. The second-order valence-electron chi connectivity index (χ2n) is 8.59. The summed E-state index contributed by atoms with van der Waals surface area (Å²) >= 11 is 0. The van der Waals surface area contributed by atoms with E-state index in [9.17, 15) is 20.2 Å². The maximum Gasteiger partial charge on any atom is 0.256 e. The molecule has 2 aliphatic heterocycles. The van der Waals surface area contributed by atoms with Crippen molar-refractivity contribution in [2.75, 3.05) is 5.32 Å². The van der Waals surface area contributed by atoms with Crippen molar-refractivity contribution in [3.05, 3.63) is 105 Å². The molecule has 0 aromatic heterocycles. The number of benzene rings is 3. The third kappa shape index (κ3) is 3.21. The van der Waals surface area contributed by atoms with Crippen LogP contribution in [0.1, 0.15) is 35.1 Å². The molecule has 1 saturated heterocycles. The molecule has 1 fully saturated rings. The number of hydrogen-bond acceptors (Lipinski definition) is 6. The van der Waals surface area contributed by atoms with Gasteiger partial charge in [0.15, 0.2) is 5.54 Å². The van der Waals surface area contributed by atoms with Crippen LogP contribution in [0.2, 0.25) is 0 Å². The minimum absolute atomic E-state index is 0.146. The van der Waals surface area contributed by atoms with Gasteiger partial charge >= 0.3 is 0 Å². The zero-order chi connectivity index (χ0) is 23.9. The topological polar surface area (TPSA) is 117 Å². The zero-order valence-electron chi connectivity index (χ0n) is 18.4. The molecule has 2 N–H and O–H groups in total. The summed E-state index contributed by atoms with van der Waals surface area (Å²) in [5.41, 5.74) is 1.56. The Morgan fingerprint density at radius 2 is 1.79 bits per heavy atom. The Morgan fingerprint density at radius 3 is 2.59 bits per heavy atom. The number of carbonyl (C=O) groups excluding carboxylic acids is 1. The molecule has 170 valence electrons. The minimum Gasteiger partial charge on any atom is -0.489 e. The third-order valence-corrected chi connectivity index (χ3v) is 6.76. The van der Waals surface area contributed by atoms with E-state index >= 15 is 0 Å². The van der Waals surface area contributed by atoms with E-state index in [2.05, 4.69) is 16.7 Å². The van der Waals surface area contributed by atoms with E-state index in [-0.39, 0.29) is 17.6 Å². The summed E-state index contributed by atoms with van der Waals surface area (Å²) in [5, 5.41) is 28.0. The normalized spacial score (nSPS) is 24.9. The SMILES string of the molecule is C[C@@H]1N[C@]2(C(=O)Nc3ccccc32)[C@@H]([N+](=O)[O-])[C@H]1c1ccccc1OCc1ccccc1C#N. The predicted molar refractivity (Wildman–Crippen MR) is 125 cm³/mol. The number of para-hydroxylation sites is 2. The molecule has 5 rings (SSSR count). The Morgan fingerprint density at radius 1 is 1.09 bits per heavy atom. The van der Waals surface area contributed by atoms with Crippen LogP contribution >= 0.6 is 0 Å². The van der Waals surface area contributed by atoms with Gasteiger partial charge in [0.1, 0.15) is 12.4 Å². The van der Waals surface area contributed by atoms with E-state index in [1.165, 1.54) is 0 Å². The molecule has 0 radical (unpaired) electrons. The highest BCUT2D eigenvalue weighted by atomic mass is 16.6. The fourth-order valence-corrected chi connectivity index (χ4v) is 5.32. The van der Waals surface area contributed by atoms with Crippen molar-refractivity contribution in [2.24, 2.45) is 0 Å². The summed E-state index contributed by atoms with van der Waals surface area (Å²) < 4.78 is 6.10. The monoisotopic (exact) mass is 454 g/mol. The fourth-order valence-electron chi connectivity index (χ4n) is 5.32. The molecular weight excluding hydrogens is 432 g/mol. The molecule has 2 heterocycles. The van der Waals surface area contributed by atoms with Gasteiger partial charge in [0, 0.05) is 33.3 Å². The van der Waals surface area contributed by atoms with Crippen molar-refractivity contribution in [1.82, 2.24) is 5.32 Å². The van der Waals surface area contributed by atoms with Crippen molar-refractivity contribution >= 4 is 11.6 Å². The first-order valence-corrected chi connectivity index (χ1v) is 11.0. The Hall–Kier alpha value is -4.22. The van der Waals surface area contributed by atoms with Crippen LogP contribution in [-0.2, 0) is 16.9 Å². The van der Waals surface area contributed by atoms with E-state index in [1.807, 2.05) is 31.2 Å². The number of amides is 1. The van der Waals surface area contributed by atoms with Gasteiger partial charge in [-0.05, 0) is 25.1 Å². The molecule has 8 heteroatoms. The molecule has 0 unspecified atom stereocenters. The molecule has 0 bridgehead atoms. The average Bonchev–Trinajstić information content (AvgIpc) is 3.31. The lowest BCUT2D eigenvalue weighted by molar-refractivity contribution is -0.532. The number of hydrogen-bond donors (Lipinski definition) is 2. The lowest BCUT2D eigenvalue weighted by Gasteiger charge is -2.26. The van der Waals surface area contributed by atoms with Gasteiger partial charge in [-0.3, -0.25) is 20.2 Å². The maximum absolute atomic E-state index is 13.2. The summed E-state index contributed by atoms with van der Waals surface area (Å²) in [7, 11) is 0. The van der Waals surface area contributed by atoms with Crippen molar-refractivity contribution < 1.29 is 14.5 Å². The summed E-state index contributed by atoms with van der Waals surface area (Å²) in [6.45, 7) is 2.00. The molecule has 8 nitrogen and oxygen atoms in total. The van der Waals surface area contributed by atoms with E-state index < -0.39 is 23.4 Å². The fraction of sp³-hybridized carbons (Fsp3) is 0.231. The average molecular weight is 454 g/mol. The third-order valence-electron chi connectivity index (χ3n) is 6.76. The first-order chi connectivity index (χ1) is 16.5. The minimum atomic E-state index is -1.48. The van der Waals surface area contributed by atoms with Gasteiger partial charge < -0.3 is 10.1 Å². The molecule has 2 aliphatic rings. The molecular formula is C26H22N4O4. The molecule has 34 heavy (non-hydrogen) atoms. The number of fused-ring (bicyclic) bond motifs is 2. The highest BCUT2D eigenvalue weighted by Gasteiger charge is 2.67. The highest BCUT2D eigenvalue weighted by molar-refractivity contribution is 6.07. The molecule has 0 aliphatic carbocycles. The van der Waals surface area contributed by atoms with Gasteiger partial charge in [-0.25, -0.2) is 0 Å². The molecule has 3 aromatic rings. The quantitative estimate of drug-likeness (QED) is 0.448. The molecule has 1 amide bonds. The van der Waals surface area contributed by atoms with E-state index in [1.54, 1.807) is 48.5 Å². The zero-order valence-corrected chi connectivity index (χ0v) is 18.4. The summed E-state index contributed by atoms with van der Waals surface area (Å²) in [4.78, 5) is 25.4. The van der Waals surface area contributed by atoms with Crippen LogP contribution in [0.5, 0.6) is 5.75 Å². The van der Waals surface area contributed by atoms with Crippen molar-refractivity contribution in [1.29, 1.82) is 5.26 Å². The van der Waals surface area contributed by atoms with Gasteiger partial charge in [0.25, 0.3) is 11.9 Å². The molecule has 3 aromatic carbocycles. The number of anilines is 1. The second kappa shape index (κ2) is 8.28. The number of nitro groups is 1. The summed E-state index contributed by atoms with van der Waals surface area (Å²) in [6.07, 6.45) is 0. The number of rotatable bonds is 5. The molecule has 0 saturated carbocycles. The van der Waals surface area contributed by atoms with Crippen molar-refractivity contribution in [3.8, 4) is 11.8 Å². The van der Waals surface area contributed by atoms with Crippen LogP contribution < -0.4 is 15.4 Å². The lowest BCUT2D eigenvalue weighted by atomic mass is 9.78. The molecule has 1 spiro atoms. The second-order valence-corrected chi connectivity index (χ2v) is 8.59. The summed E-state index contributed by atoms with van der Waals surface area (Å²) in [6, 6.07) is 21.9. The van der Waals surface area contributed by atoms with Gasteiger partial charge in [-0.2, -0.15) is 5.26 Å². The number of nitriles is 1. The Labute approximate surface area is 196 Å². The summed E-state index contributed by atoms with van der Waals surface area (Å²) in [5.74, 6) is -0.565. The number of nitrogens with zero attached hydrogens (tertiary/aromatic N) is 2. The van der Waals surface area contributed by atoms with Crippen LogP contribution in [0.25, 0.3) is 0 Å². The number of nitrogens with one attached hydrogen (secondary N) is 2. The van der Waals surface area contributed by atoms with Gasteiger partial charge in [0.2, 0.25) is 0 Å². The smallest absolute Gasteiger partial charge is 0.256 e. The van der Waals surface area contributed by atoms with E-state index in [4.69, 9.17) is 4.74 Å². The number of ether oxygens (including phenoxy) is 1. The van der Waals surface area contributed by atoms with Crippen LogP contribution in [-0.4, -0.2) is 22.9 Å². The van der Waals surface area contributed by atoms with E-state index in [0.717, 1.165) is 5.56 Å². The first kappa shape index (κ1) is 21.6. The van der Waals surface area contributed by atoms with Crippen LogP contribution in [0.15, 0.2) is 72.8 Å². The van der Waals surface area contributed by atoms with Crippen LogP contribution in [0, 0.1) is 21.4 Å². The maximum atomic E-state index is 13.2. The van der Waals surface area contributed by atoms with Crippen LogP contribution in [0.4, 0.5) is 5.69 Å². The van der Waals surface area contributed by atoms with Gasteiger partial charge in [-0.15, -0.1) is 0 Å². The predicted octanol–water partition coefficient (Wildman–Crippen LogP) is 3.71. The number of carbonyl (C=O) groups is 1. The van der Waals surface area contributed by atoms with Crippen molar-refractivity contribution in [2.45, 2.75) is 37.1 Å². The first-order valence-electron chi connectivity index (χ1n) is 11.0. The standard InChI is InChI=1S/C26H22N4O4/c1-16-23(19-10-4-7-13-22(19)34-15-18-9-3-2-8-17(18)14-27)24(30(32)33)26(29-16)20-11-5-6-12-21(20)28-25(26)31/h2-13,16,23-24,29H,15H2,1H3,(H,28,31)/t16-,23+,24-,26-/m0/s1. The van der Waals surface area contributed by atoms with Gasteiger partial charge in [0.05, 0.1) is 17.6 Å². The highest BCUT2D eigenvalue weighted by Crippen LogP contribution is 2.50. The Bertz CT molecular complexity index is 1330.